The number of benzene rings is 1. The number of nitrogens with two attached hydrogens (primary N) is 1. The summed E-state index contributed by atoms with van der Waals surface area (Å²) in [6.07, 6.45) is -0.349. The third-order valence-electron chi connectivity index (χ3n) is 4.97. The van der Waals surface area contributed by atoms with Gasteiger partial charge in [-0.15, -0.1) is 0 Å². The van der Waals surface area contributed by atoms with Crippen molar-refractivity contribution in [1.82, 2.24) is 4.90 Å². The molecule has 3 aliphatic rings. The summed E-state index contributed by atoms with van der Waals surface area (Å²) >= 11 is 0. The molecule has 1 unspecified atom stereocenters. The largest absolute Gasteiger partial charge is 0.465 e. The molecule has 3 aliphatic heterocycles. The van der Waals surface area contributed by atoms with Crippen molar-refractivity contribution in [1.29, 1.82) is 0 Å². The molecule has 1 amide bonds. The summed E-state index contributed by atoms with van der Waals surface area (Å²) in [6.45, 7) is 2.61. The van der Waals surface area contributed by atoms with Gasteiger partial charge in [-0.3, -0.25) is 0 Å². The Morgan fingerprint density at radius 1 is 1.33 bits per heavy atom. The number of hydrogen-bond acceptors (Lipinski definition) is 4. The molecular formula is C15H19N3O3. The number of likely N-dealkylation sites (tertiary alicyclic amines) is 1. The van der Waals surface area contributed by atoms with Crippen molar-refractivity contribution in [2.75, 3.05) is 31.1 Å². The van der Waals surface area contributed by atoms with Gasteiger partial charge in [0.2, 0.25) is 0 Å². The Balaban J connectivity index is 1.79. The minimum Gasteiger partial charge on any atom is -0.465 e. The zero-order valence-corrected chi connectivity index (χ0v) is 11.7. The second-order valence-electron chi connectivity index (χ2n) is 5.96. The van der Waals surface area contributed by atoms with E-state index in [9.17, 15) is 9.90 Å². The fraction of sp³-hybridized carbons (Fsp3) is 0.533. The Morgan fingerprint density at radius 3 is 2.95 bits per heavy atom. The summed E-state index contributed by atoms with van der Waals surface area (Å²) in [6, 6.07) is 6.50. The Hall–Kier alpha value is -1.79. The van der Waals surface area contributed by atoms with Crippen molar-refractivity contribution >= 4 is 11.8 Å². The van der Waals surface area contributed by atoms with Crippen molar-refractivity contribution in [3.8, 4) is 0 Å². The van der Waals surface area contributed by atoms with E-state index in [1.807, 2.05) is 12.1 Å². The Kier molecular flexibility index (Phi) is 2.83. The first-order valence-corrected chi connectivity index (χ1v) is 7.41. The molecule has 6 nitrogen and oxygen atoms in total. The molecule has 0 bridgehead atoms. The average Bonchev–Trinajstić information content (AvgIpc) is 2.70. The summed E-state index contributed by atoms with van der Waals surface area (Å²) < 4.78 is 5.66. The number of rotatable bonds is 0. The van der Waals surface area contributed by atoms with Crippen molar-refractivity contribution in [3.63, 3.8) is 0 Å². The van der Waals surface area contributed by atoms with E-state index in [0.717, 1.165) is 18.5 Å². The van der Waals surface area contributed by atoms with Crippen LogP contribution in [0.1, 0.15) is 29.7 Å². The standard InChI is InChI=1S/C15H19N3O3/c16-14-10-3-1-2-9-11-8-17(15(19)20)5-4-12(11)18(13(9)10)6-7-21-14/h1-3,11-12,14H,4-8,16H2,(H,19,20)/t11-,12-,14?/m0/s1. The predicted octanol–water partition coefficient (Wildman–Crippen LogP) is 1.33. The Morgan fingerprint density at radius 2 is 2.14 bits per heavy atom. The van der Waals surface area contributed by atoms with Crippen LogP contribution in [0.5, 0.6) is 0 Å². The van der Waals surface area contributed by atoms with Gasteiger partial charge in [0.25, 0.3) is 0 Å². The minimum atomic E-state index is -0.822. The smallest absolute Gasteiger partial charge is 0.407 e. The molecule has 1 fully saturated rings. The predicted molar refractivity (Wildman–Crippen MR) is 77.4 cm³/mol. The van der Waals surface area contributed by atoms with Crippen LogP contribution in [0.2, 0.25) is 0 Å². The van der Waals surface area contributed by atoms with Gasteiger partial charge in [0, 0.05) is 42.8 Å². The van der Waals surface area contributed by atoms with E-state index >= 15 is 0 Å². The van der Waals surface area contributed by atoms with Gasteiger partial charge in [0.1, 0.15) is 6.23 Å². The first kappa shape index (κ1) is 12.9. The first-order valence-electron chi connectivity index (χ1n) is 7.41. The van der Waals surface area contributed by atoms with Crippen LogP contribution in [0.25, 0.3) is 0 Å². The lowest BCUT2D eigenvalue weighted by Crippen LogP contribution is -2.48. The number of hydrogen-bond donors (Lipinski definition) is 2. The summed E-state index contributed by atoms with van der Waals surface area (Å²) in [5, 5.41) is 9.26. The van der Waals surface area contributed by atoms with E-state index in [-0.39, 0.29) is 12.1 Å². The van der Waals surface area contributed by atoms with E-state index in [1.54, 1.807) is 0 Å². The molecular weight excluding hydrogens is 270 g/mol. The van der Waals surface area contributed by atoms with Crippen LogP contribution in [-0.2, 0) is 4.74 Å². The lowest BCUT2D eigenvalue weighted by atomic mass is 9.88. The monoisotopic (exact) mass is 289 g/mol. The lowest BCUT2D eigenvalue weighted by molar-refractivity contribution is 0.0655. The third kappa shape index (κ3) is 1.82. The van der Waals surface area contributed by atoms with Gasteiger partial charge < -0.3 is 25.4 Å². The van der Waals surface area contributed by atoms with Crippen molar-refractivity contribution in [3.05, 3.63) is 29.3 Å². The molecule has 6 heteroatoms. The van der Waals surface area contributed by atoms with Crippen LogP contribution in [0.3, 0.4) is 0 Å². The Labute approximate surface area is 123 Å². The topological polar surface area (TPSA) is 79.0 Å². The van der Waals surface area contributed by atoms with E-state index in [0.29, 0.717) is 25.7 Å². The summed E-state index contributed by atoms with van der Waals surface area (Å²) in [4.78, 5) is 15.2. The maximum atomic E-state index is 11.3. The van der Waals surface area contributed by atoms with Gasteiger partial charge in [-0.05, 0) is 12.0 Å². The molecule has 0 saturated carbocycles. The molecule has 0 spiro atoms. The number of carbonyl (C=O) groups is 1. The highest BCUT2D eigenvalue weighted by Crippen LogP contribution is 2.48. The highest BCUT2D eigenvalue weighted by atomic mass is 16.5. The summed E-state index contributed by atoms with van der Waals surface area (Å²) in [7, 11) is 0. The summed E-state index contributed by atoms with van der Waals surface area (Å²) in [5.74, 6) is 0.245. The molecule has 0 aromatic heterocycles. The molecule has 1 aromatic rings. The normalized spacial score (nSPS) is 30.6. The highest BCUT2D eigenvalue weighted by molar-refractivity contribution is 5.70. The zero-order chi connectivity index (χ0) is 14.6. The van der Waals surface area contributed by atoms with Crippen molar-refractivity contribution < 1.29 is 14.6 Å². The maximum Gasteiger partial charge on any atom is 0.407 e. The molecule has 3 atom stereocenters. The van der Waals surface area contributed by atoms with Gasteiger partial charge in [-0.25, -0.2) is 4.79 Å². The second-order valence-corrected chi connectivity index (χ2v) is 5.96. The van der Waals surface area contributed by atoms with Crippen molar-refractivity contribution in [2.24, 2.45) is 5.73 Å². The molecule has 3 heterocycles. The molecule has 3 N–H and O–H groups in total. The third-order valence-corrected chi connectivity index (χ3v) is 4.97. The quantitative estimate of drug-likeness (QED) is 0.753. The molecule has 1 saturated heterocycles. The van der Waals surface area contributed by atoms with Gasteiger partial charge >= 0.3 is 6.09 Å². The van der Waals surface area contributed by atoms with Crippen LogP contribution >= 0.6 is 0 Å². The first-order chi connectivity index (χ1) is 10.2. The number of nitrogens with zero attached hydrogens (tertiary/aromatic N) is 2. The molecule has 0 radical (unpaired) electrons. The van der Waals surface area contributed by atoms with E-state index in [4.69, 9.17) is 10.5 Å². The van der Waals surface area contributed by atoms with Crippen molar-refractivity contribution in [2.45, 2.75) is 24.6 Å². The van der Waals surface area contributed by atoms with Gasteiger partial charge in [-0.2, -0.15) is 0 Å². The SMILES string of the molecule is NC1OCCN2c3c1cccc3[C@@H]1CN(C(=O)O)CC[C@@H]12. The van der Waals surface area contributed by atoms with Crippen LogP contribution in [-0.4, -0.2) is 48.4 Å². The molecule has 0 aliphatic carbocycles. The van der Waals surface area contributed by atoms with Gasteiger partial charge in [0.05, 0.1) is 6.61 Å². The van der Waals surface area contributed by atoms with Crippen LogP contribution in [0, 0.1) is 0 Å². The number of fused-ring (bicyclic) bond motifs is 3. The van der Waals surface area contributed by atoms with Crippen LogP contribution in [0.15, 0.2) is 18.2 Å². The molecule has 1 aromatic carbocycles. The molecule has 4 rings (SSSR count). The fourth-order valence-corrected chi connectivity index (χ4v) is 4.04. The summed E-state index contributed by atoms with van der Waals surface area (Å²) in [5.41, 5.74) is 9.56. The van der Waals surface area contributed by atoms with Gasteiger partial charge in [0.15, 0.2) is 0 Å². The molecule has 112 valence electrons. The number of amides is 1. The number of carboxylic acid groups (broad SMARTS) is 1. The number of ether oxygens (including phenoxy) is 1. The fourth-order valence-electron chi connectivity index (χ4n) is 4.04. The van der Waals surface area contributed by atoms with E-state index < -0.39 is 6.09 Å². The number of para-hydroxylation sites is 1. The lowest BCUT2D eigenvalue weighted by Gasteiger charge is -2.37. The highest BCUT2D eigenvalue weighted by Gasteiger charge is 2.44. The number of piperidine rings is 1. The molecule has 21 heavy (non-hydrogen) atoms. The maximum absolute atomic E-state index is 11.3. The number of anilines is 1. The van der Waals surface area contributed by atoms with Gasteiger partial charge in [-0.1, -0.05) is 18.2 Å². The van der Waals surface area contributed by atoms with E-state index in [1.165, 1.54) is 16.2 Å². The Bertz CT molecular complexity index is 592. The minimum absolute atomic E-state index is 0.245. The van der Waals surface area contributed by atoms with Crippen LogP contribution < -0.4 is 10.6 Å². The van der Waals surface area contributed by atoms with Crippen LogP contribution in [0.4, 0.5) is 10.5 Å². The zero-order valence-electron chi connectivity index (χ0n) is 11.7. The second kappa shape index (κ2) is 4.61. The average molecular weight is 289 g/mol. The van der Waals surface area contributed by atoms with E-state index in [2.05, 4.69) is 11.0 Å².